The van der Waals surface area contributed by atoms with Gasteiger partial charge < -0.3 is 4.43 Å². The molecule has 0 aromatic rings. The lowest BCUT2D eigenvalue weighted by Gasteiger charge is -2.42. The molecule has 0 aromatic carbocycles. The average molecular weight is 307 g/mol. The summed E-state index contributed by atoms with van der Waals surface area (Å²) in [6, 6.07) is 0. The normalized spacial score (nSPS) is 13.2. The van der Waals surface area contributed by atoms with E-state index in [1.165, 1.54) is 0 Å². The standard InChI is InChI=1S/C19H34OSi/c1-9-11-12-13-15-19(14-10-2)20-21(16(3)4,17(5)6)18(7)8/h10,14-18H,12-13H2,1-8H3/b14-10+,19-15-. The Kier molecular flexibility index (Phi) is 9.45. The van der Waals surface area contributed by atoms with Gasteiger partial charge in [-0.3, -0.25) is 0 Å². The van der Waals surface area contributed by atoms with E-state index in [-0.39, 0.29) is 0 Å². The number of hydrogen-bond donors (Lipinski definition) is 0. The quantitative estimate of drug-likeness (QED) is 0.165. The molecule has 0 radical (unpaired) electrons. The van der Waals surface area contributed by atoms with Crippen LogP contribution in [0.4, 0.5) is 0 Å². The molecule has 0 atom stereocenters. The van der Waals surface area contributed by atoms with Gasteiger partial charge in [0.05, 0.1) is 5.76 Å². The molecule has 0 aliphatic rings. The summed E-state index contributed by atoms with van der Waals surface area (Å²) in [5.41, 5.74) is 1.80. The minimum atomic E-state index is -1.85. The van der Waals surface area contributed by atoms with E-state index in [1.807, 2.05) is 13.8 Å². The molecule has 0 fully saturated rings. The van der Waals surface area contributed by atoms with E-state index < -0.39 is 8.32 Å². The summed E-state index contributed by atoms with van der Waals surface area (Å²) >= 11 is 0. The van der Waals surface area contributed by atoms with Crippen LogP contribution in [0.25, 0.3) is 0 Å². The van der Waals surface area contributed by atoms with Gasteiger partial charge in [-0.1, -0.05) is 47.6 Å². The molecule has 0 aliphatic heterocycles. The van der Waals surface area contributed by atoms with Crippen LogP contribution in [0, 0.1) is 11.8 Å². The molecule has 0 spiro atoms. The highest BCUT2D eigenvalue weighted by molar-refractivity contribution is 6.77. The Balaban J connectivity index is 5.35. The maximum absolute atomic E-state index is 6.71. The minimum absolute atomic E-state index is 0.599. The van der Waals surface area contributed by atoms with Crippen LogP contribution in [0.15, 0.2) is 24.0 Å². The van der Waals surface area contributed by atoms with Crippen LogP contribution in [-0.2, 0) is 4.43 Å². The molecule has 120 valence electrons. The summed E-state index contributed by atoms with van der Waals surface area (Å²) in [6.45, 7) is 17.9. The second kappa shape index (κ2) is 9.90. The molecule has 0 amide bonds. The van der Waals surface area contributed by atoms with E-state index >= 15 is 0 Å². The molecule has 2 heteroatoms. The van der Waals surface area contributed by atoms with Crippen LogP contribution in [-0.4, -0.2) is 8.32 Å². The number of hydrogen-bond acceptors (Lipinski definition) is 1. The summed E-state index contributed by atoms with van der Waals surface area (Å²) in [6.07, 6.45) is 8.24. The fraction of sp³-hybridized carbons (Fsp3) is 0.684. The van der Waals surface area contributed by atoms with Crippen LogP contribution >= 0.6 is 0 Å². The second-order valence-electron chi connectivity index (χ2n) is 6.49. The van der Waals surface area contributed by atoms with E-state index in [4.69, 9.17) is 4.43 Å². The Bertz CT molecular complexity index is 383. The number of unbranched alkanes of at least 4 members (excludes halogenated alkanes) is 1. The molecule has 0 aliphatic carbocycles. The third-order valence-electron chi connectivity index (χ3n) is 4.12. The van der Waals surface area contributed by atoms with Crippen molar-refractivity contribution in [3.63, 3.8) is 0 Å². The van der Waals surface area contributed by atoms with Gasteiger partial charge in [0.2, 0.25) is 0 Å². The van der Waals surface area contributed by atoms with Gasteiger partial charge >= 0.3 is 0 Å². The summed E-state index contributed by atoms with van der Waals surface area (Å²) in [5.74, 6) is 7.10. The highest BCUT2D eigenvalue weighted by Crippen LogP contribution is 2.43. The Morgan fingerprint density at radius 2 is 1.57 bits per heavy atom. The lowest BCUT2D eigenvalue weighted by atomic mass is 10.2. The molecule has 0 N–H and O–H groups in total. The van der Waals surface area contributed by atoms with Crippen molar-refractivity contribution in [2.75, 3.05) is 0 Å². The zero-order valence-electron chi connectivity index (χ0n) is 15.3. The highest BCUT2D eigenvalue weighted by atomic mass is 28.4. The zero-order chi connectivity index (χ0) is 16.5. The molecule has 0 unspecified atom stereocenters. The number of allylic oxidation sites excluding steroid dienone is 3. The van der Waals surface area contributed by atoms with Crippen molar-refractivity contribution in [3.05, 3.63) is 24.0 Å². The van der Waals surface area contributed by atoms with Crippen LogP contribution in [0.1, 0.15) is 68.2 Å². The van der Waals surface area contributed by atoms with E-state index in [1.54, 1.807) is 0 Å². The Morgan fingerprint density at radius 3 is 1.95 bits per heavy atom. The van der Waals surface area contributed by atoms with Gasteiger partial charge in [-0.2, -0.15) is 0 Å². The summed E-state index contributed by atoms with van der Waals surface area (Å²) in [7, 11) is -1.85. The largest absolute Gasteiger partial charge is 0.543 e. The molecular formula is C19H34OSi. The van der Waals surface area contributed by atoms with Crippen LogP contribution in [0.5, 0.6) is 0 Å². The lowest BCUT2D eigenvalue weighted by Crippen LogP contribution is -2.47. The highest BCUT2D eigenvalue weighted by Gasteiger charge is 2.47. The van der Waals surface area contributed by atoms with Crippen LogP contribution in [0.2, 0.25) is 16.6 Å². The molecule has 0 bridgehead atoms. The van der Waals surface area contributed by atoms with Crippen molar-refractivity contribution < 1.29 is 4.43 Å². The van der Waals surface area contributed by atoms with Gasteiger partial charge in [0.15, 0.2) is 0 Å². The fourth-order valence-electron chi connectivity index (χ4n) is 3.28. The molecule has 0 saturated carbocycles. The summed E-state index contributed by atoms with van der Waals surface area (Å²) in [5, 5.41) is 0. The molecule has 0 saturated heterocycles. The molecule has 0 heterocycles. The van der Waals surface area contributed by atoms with Gasteiger partial charge in [-0.05, 0) is 49.0 Å². The fourth-order valence-corrected chi connectivity index (χ4v) is 8.54. The molecule has 0 rings (SSSR count). The first kappa shape index (κ1) is 20.1. The molecule has 21 heavy (non-hydrogen) atoms. The van der Waals surface area contributed by atoms with Gasteiger partial charge in [-0.15, -0.1) is 11.8 Å². The Hall–Kier alpha value is -0.943. The smallest absolute Gasteiger partial charge is 0.258 e. The molecule has 0 aromatic heterocycles. The van der Waals surface area contributed by atoms with Crippen molar-refractivity contribution in [2.45, 2.75) is 84.9 Å². The first-order valence-electron chi connectivity index (χ1n) is 8.24. The molecular weight excluding hydrogens is 272 g/mol. The minimum Gasteiger partial charge on any atom is -0.543 e. The van der Waals surface area contributed by atoms with Crippen molar-refractivity contribution in [1.82, 2.24) is 0 Å². The summed E-state index contributed by atoms with van der Waals surface area (Å²) in [4.78, 5) is 0. The van der Waals surface area contributed by atoms with Crippen molar-refractivity contribution in [1.29, 1.82) is 0 Å². The van der Waals surface area contributed by atoms with Gasteiger partial charge in [0.1, 0.15) is 0 Å². The SMILES string of the molecule is CC#CCC/C=C(/C=C/C)O[Si](C(C)C)(C(C)C)C(C)C. The topological polar surface area (TPSA) is 9.23 Å². The monoisotopic (exact) mass is 306 g/mol. The first-order valence-corrected chi connectivity index (χ1v) is 10.4. The van der Waals surface area contributed by atoms with Crippen molar-refractivity contribution >= 4 is 8.32 Å². The predicted molar refractivity (Wildman–Crippen MR) is 97.7 cm³/mol. The lowest BCUT2D eigenvalue weighted by molar-refractivity contribution is 0.384. The van der Waals surface area contributed by atoms with Crippen LogP contribution in [0.3, 0.4) is 0 Å². The third-order valence-corrected chi connectivity index (χ3v) is 10.1. The number of rotatable bonds is 8. The van der Waals surface area contributed by atoms with E-state index in [0.29, 0.717) is 16.6 Å². The zero-order valence-corrected chi connectivity index (χ0v) is 16.3. The van der Waals surface area contributed by atoms with Crippen molar-refractivity contribution in [3.8, 4) is 11.8 Å². The van der Waals surface area contributed by atoms with Crippen molar-refractivity contribution in [2.24, 2.45) is 0 Å². The van der Waals surface area contributed by atoms with Crippen LogP contribution < -0.4 is 0 Å². The van der Waals surface area contributed by atoms with E-state index in [9.17, 15) is 0 Å². The van der Waals surface area contributed by atoms with Gasteiger partial charge in [0.25, 0.3) is 8.32 Å². The second-order valence-corrected chi connectivity index (χ2v) is 11.9. The summed E-state index contributed by atoms with van der Waals surface area (Å²) < 4.78 is 6.71. The Morgan fingerprint density at radius 1 is 1.05 bits per heavy atom. The predicted octanol–water partition coefficient (Wildman–Crippen LogP) is 6.44. The van der Waals surface area contributed by atoms with E-state index in [0.717, 1.165) is 18.6 Å². The maximum atomic E-state index is 6.71. The van der Waals surface area contributed by atoms with Gasteiger partial charge in [-0.25, -0.2) is 0 Å². The molecule has 1 nitrogen and oxygen atoms in total. The average Bonchev–Trinajstić information content (AvgIpc) is 2.39. The Labute approximate surface area is 134 Å². The third kappa shape index (κ3) is 5.75. The maximum Gasteiger partial charge on any atom is 0.258 e. The van der Waals surface area contributed by atoms with Gasteiger partial charge in [0, 0.05) is 6.42 Å². The van der Waals surface area contributed by atoms with E-state index in [2.05, 4.69) is 71.6 Å². The first-order chi connectivity index (χ1) is 9.82.